The highest BCUT2D eigenvalue weighted by Crippen LogP contribution is 2.00. The van der Waals surface area contributed by atoms with Crippen molar-refractivity contribution in [1.29, 1.82) is 0 Å². The van der Waals surface area contributed by atoms with Crippen molar-refractivity contribution in [3.8, 4) is 0 Å². The van der Waals surface area contributed by atoms with Crippen molar-refractivity contribution < 1.29 is 9.90 Å². The van der Waals surface area contributed by atoms with Crippen molar-refractivity contribution in [2.45, 2.75) is 13.0 Å². The number of carbonyl (C=O) groups is 1. The second-order valence-corrected chi connectivity index (χ2v) is 2.22. The predicted octanol–water partition coefficient (Wildman–Crippen LogP) is -0.106. The van der Waals surface area contributed by atoms with Gasteiger partial charge >= 0.3 is 13.5 Å². The lowest BCUT2D eigenvalue weighted by Crippen LogP contribution is -2.37. The second kappa shape index (κ2) is 3.23. The van der Waals surface area contributed by atoms with Gasteiger partial charge in [0.05, 0.1) is 0 Å². The third-order valence-electron chi connectivity index (χ3n) is 1.43. The molecule has 0 saturated heterocycles. The minimum atomic E-state index is -0.858. The van der Waals surface area contributed by atoms with Gasteiger partial charge in [-0.3, -0.25) is 4.79 Å². The number of hydrogen-bond acceptors (Lipinski definition) is 3. The van der Waals surface area contributed by atoms with Crippen LogP contribution < -0.4 is 0 Å². The van der Waals surface area contributed by atoms with Gasteiger partial charge in [-0.05, 0) is 19.2 Å². The molecule has 0 spiro atoms. The monoisotopic (exact) mass is 151 g/mol. The molecule has 1 atom stereocenters. The molecule has 1 N–H and O–H groups in total. The van der Waals surface area contributed by atoms with Gasteiger partial charge in [0.2, 0.25) is 0 Å². The number of carboxylic acids is 1. The summed E-state index contributed by atoms with van der Waals surface area (Å²) < 4.78 is 0. The lowest BCUT2D eigenvalue weighted by Gasteiger charge is -2.22. The Morgan fingerprint density at radius 2 is 2.55 bits per heavy atom. The SMILES string of the molecule is CC(C(=O)O)N1[B]N=CC=C1. The van der Waals surface area contributed by atoms with Gasteiger partial charge < -0.3 is 14.8 Å². The normalized spacial score (nSPS) is 17.7. The summed E-state index contributed by atoms with van der Waals surface area (Å²) >= 11 is 0. The molecule has 11 heavy (non-hydrogen) atoms. The van der Waals surface area contributed by atoms with E-state index in [4.69, 9.17) is 5.11 Å². The number of aliphatic carboxylic acids is 1. The van der Waals surface area contributed by atoms with Crippen LogP contribution >= 0.6 is 0 Å². The summed E-state index contributed by atoms with van der Waals surface area (Å²) in [5.41, 5.74) is 0. The average molecular weight is 151 g/mol. The third-order valence-corrected chi connectivity index (χ3v) is 1.43. The Morgan fingerprint density at radius 3 is 3.00 bits per heavy atom. The van der Waals surface area contributed by atoms with E-state index in [-0.39, 0.29) is 0 Å². The van der Waals surface area contributed by atoms with Gasteiger partial charge in [-0.25, -0.2) is 0 Å². The van der Waals surface area contributed by atoms with Crippen LogP contribution in [0.2, 0.25) is 0 Å². The molecule has 57 valence electrons. The van der Waals surface area contributed by atoms with Gasteiger partial charge in [0.1, 0.15) is 6.04 Å². The Kier molecular flexibility index (Phi) is 2.30. The van der Waals surface area contributed by atoms with E-state index in [1.54, 1.807) is 25.4 Å². The maximum atomic E-state index is 10.5. The van der Waals surface area contributed by atoms with Crippen LogP contribution in [0.25, 0.3) is 0 Å². The summed E-state index contributed by atoms with van der Waals surface area (Å²) in [7, 11) is 1.48. The first-order valence-corrected chi connectivity index (χ1v) is 3.25. The molecular formula is C6H8BN2O2. The van der Waals surface area contributed by atoms with E-state index in [1.165, 1.54) is 12.4 Å². The van der Waals surface area contributed by atoms with E-state index in [0.29, 0.717) is 0 Å². The largest absolute Gasteiger partial charge is 0.480 e. The number of carboxylic acid groups (broad SMARTS) is 1. The van der Waals surface area contributed by atoms with Crippen molar-refractivity contribution in [1.82, 2.24) is 4.81 Å². The molecule has 0 fully saturated rings. The maximum Gasteiger partial charge on any atom is 0.411 e. The van der Waals surface area contributed by atoms with Crippen LogP contribution in [0.3, 0.4) is 0 Å². The van der Waals surface area contributed by atoms with Crippen molar-refractivity contribution in [3.63, 3.8) is 0 Å². The minimum Gasteiger partial charge on any atom is -0.480 e. The summed E-state index contributed by atoms with van der Waals surface area (Å²) in [6, 6.07) is -0.552. The molecule has 0 aliphatic carbocycles. The quantitative estimate of drug-likeness (QED) is 0.560. The lowest BCUT2D eigenvalue weighted by molar-refractivity contribution is -0.140. The standard InChI is InChI=1S/C6H8BN2O2/c1-5(6(10)11)9-4-2-3-8-7-9/h2-5H,1H3,(H,10,11). The van der Waals surface area contributed by atoms with Gasteiger partial charge in [0, 0.05) is 6.21 Å². The Morgan fingerprint density at radius 1 is 1.82 bits per heavy atom. The molecule has 1 heterocycles. The summed E-state index contributed by atoms with van der Waals surface area (Å²) in [5.74, 6) is -0.858. The van der Waals surface area contributed by atoms with Crippen LogP contribution in [-0.4, -0.2) is 35.7 Å². The number of allylic oxidation sites excluding steroid dienone is 1. The highest BCUT2D eigenvalue weighted by atomic mass is 16.4. The zero-order valence-corrected chi connectivity index (χ0v) is 6.14. The van der Waals surface area contributed by atoms with Crippen molar-refractivity contribution in [2.24, 2.45) is 4.90 Å². The van der Waals surface area contributed by atoms with E-state index < -0.39 is 12.0 Å². The minimum absolute atomic E-state index is 0.552. The summed E-state index contributed by atoms with van der Waals surface area (Å²) in [6.45, 7) is 1.60. The topological polar surface area (TPSA) is 52.9 Å². The molecule has 1 rings (SSSR count). The molecule has 0 aromatic rings. The average Bonchev–Trinajstić information content (AvgIpc) is 2.05. The van der Waals surface area contributed by atoms with Crippen molar-refractivity contribution in [3.05, 3.63) is 12.3 Å². The van der Waals surface area contributed by atoms with E-state index in [0.717, 1.165) is 0 Å². The fourth-order valence-electron chi connectivity index (χ4n) is 0.698. The number of rotatable bonds is 2. The van der Waals surface area contributed by atoms with Gasteiger partial charge in [-0.1, -0.05) is 0 Å². The first-order chi connectivity index (χ1) is 5.22. The zero-order chi connectivity index (χ0) is 8.27. The van der Waals surface area contributed by atoms with E-state index in [9.17, 15) is 4.79 Å². The van der Waals surface area contributed by atoms with Crippen LogP contribution in [0.4, 0.5) is 0 Å². The molecule has 5 heteroatoms. The molecule has 1 aliphatic heterocycles. The predicted molar refractivity (Wildman–Crippen MR) is 42.3 cm³/mol. The smallest absolute Gasteiger partial charge is 0.411 e. The van der Waals surface area contributed by atoms with Crippen LogP contribution in [0, 0.1) is 0 Å². The van der Waals surface area contributed by atoms with Gasteiger partial charge in [0.15, 0.2) is 0 Å². The van der Waals surface area contributed by atoms with Crippen LogP contribution in [0.15, 0.2) is 17.2 Å². The van der Waals surface area contributed by atoms with Gasteiger partial charge in [-0.2, -0.15) is 0 Å². The Labute approximate surface area is 65.5 Å². The molecule has 0 bridgehead atoms. The molecule has 0 aromatic carbocycles. The van der Waals surface area contributed by atoms with Gasteiger partial charge in [-0.15, -0.1) is 0 Å². The molecule has 0 aromatic heterocycles. The second-order valence-electron chi connectivity index (χ2n) is 2.22. The summed E-state index contributed by atoms with van der Waals surface area (Å²) in [6.07, 6.45) is 4.97. The van der Waals surface area contributed by atoms with Crippen LogP contribution in [0.1, 0.15) is 6.92 Å². The zero-order valence-electron chi connectivity index (χ0n) is 6.14. The highest BCUT2D eigenvalue weighted by molar-refractivity contribution is 6.33. The highest BCUT2D eigenvalue weighted by Gasteiger charge is 2.18. The molecule has 1 unspecified atom stereocenters. The Balaban J connectivity index is 2.55. The van der Waals surface area contributed by atoms with E-state index in [1.807, 2.05) is 0 Å². The van der Waals surface area contributed by atoms with Crippen molar-refractivity contribution in [2.75, 3.05) is 0 Å². The molecule has 0 saturated carbocycles. The van der Waals surface area contributed by atoms with Crippen molar-refractivity contribution >= 4 is 19.7 Å². The Hall–Kier alpha value is -1.26. The summed E-state index contributed by atoms with van der Waals surface area (Å²) in [5, 5.41) is 8.59. The molecule has 4 nitrogen and oxygen atoms in total. The molecular weight excluding hydrogens is 143 g/mol. The van der Waals surface area contributed by atoms with E-state index in [2.05, 4.69) is 4.90 Å². The third kappa shape index (κ3) is 1.83. The molecule has 1 radical (unpaired) electrons. The Bertz CT molecular complexity index is 215. The number of nitrogens with zero attached hydrogens (tertiary/aromatic N) is 2. The van der Waals surface area contributed by atoms with E-state index >= 15 is 0 Å². The fraction of sp³-hybridized carbons (Fsp3) is 0.333. The first kappa shape index (κ1) is 7.85. The maximum absolute atomic E-state index is 10.5. The van der Waals surface area contributed by atoms with Crippen LogP contribution in [0.5, 0.6) is 0 Å². The lowest BCUT2D eigenvalue weighted by atomic mass is 10.0. The first-order valence-electron chi connectivity index (χ1n) is 3.25. The van der Waals surface area contributed by atoms with Gasteiger partial charge in [0.25, 0.3) is 0 Å². The fourth-order valence-corrected chi connectivity index (χ4v) is 0.698. The molecule has 0 amide bonds. The number of hydrogen-bond donors (Lipinski definition) is 1. The molecule has 1 aliphatic rings. The summed E-state index contributed by atoms with van der Waals surface area (Å²) in [4.78, 5) is 15.8. The van der Waals surface area contributed by atoms with Crippen LogP contribution in [-0.2, 0) is 4.79 Å².